The molecule has 2 saturated carbocycles. The summed E-state index contributed by atoms with van der Waals surface area (Å²) in [6.07, 6.45) is 3.35. The molecule has 2 fully saturated rings. The van der Waals surface area contributed by atoms with E-state index < -0.39 is 0 Å². The van der Waals surface area contributed by atoms with Crippen molar-refractivity contribution in [2.24, 2.45) is 5.92 Å². The van der Waals surface area contributed by atoms with Crippen molar-refractivity contribution in [2.75, 3.05) is 0 Å². The molecule has 2 unspecified atom stereocenters. The highest BCUT2D eigenvalue weighted by atomic mass is 32.1. The summed E-state index contributed by atoms with van der Waals surface area (Å²) in [6.45, 7) is 0.509. The molecule has 0 bridgehead atoms. The summed E-state index contributed by atoms with van der Waals surface area (Å²) >= 11 is 1.70. The van der Waals surface area contributed by atoms with Crippen LogP contribution in [0, 0.1) is 11.7 Å². The normalized spacial score (nSPS) is 23.3. The molecule has 1 amide bonds. The van der Waals surface area contributed by atoms with Gasteiger partial charge < -0.3 is 5.32 Å². The van der Waals surface area contributed by atoms with E-state index in [1.165, 1.54) is 30.0 Å². The first-order valence-corrected chi connectivity index (χ1v) is 8.56. The Balaban J connectivity index is 1.30. The Labute approximate surface area is 132 Å². The first-order chi connectivity index (χ1) is 10.7. The Morgan fingerprint density at radius 2 is 2.09 bits per heavy atom. The summed E-state index contributed by atoms with van der Waals surface area (Å²) in [5.41, 5.74) is 2.01. The van der Waals surface area contributed by atoms with Crippen molar-refractivity contribution in [1.29, 1.82) is 0 Å². The molecule has 1 heterocycles. The zero-order valence-electron chi connectivity index (χ0n) is 12.1. The number of halogens is 1. The highest BCUT2D eigenvalue weighted by Gasteiger charge is 2.43. The molecule has 22 heavy (non-hydrogen) atoms. The Morgan fingerprint density at radius 3 is 2.82 bits per heavy atom. The van der Waals surface area contributed by atoms with Crippen LogP contribution in [0.3, 0.4) is 0 Å². The van der Waals surface area contributed by atoms with Gasteiger partial charge in [-0.3, -0.25) is 4.79 Å². The third-order valence-corrected chi connectivity index (χ3v) is 5.42. The van der Waals surface area contributed by atoms with Crippen LogP contribution in [0.15, 0.2) is 29.6 Å². The maximum absolute atomic E-state index is 12.9. The zero-order valence-corrected chi connectivity index (χ0v) is 12.9. The predicted octanol–water partition coefficient (Wildman–Crippen LogP) is 3.58. The molecule has 114 valence electrons. The first kappa shape index (κ1) is 13.9. The fourth-order valence-corrected chi connectivity index (χ4v) is 3.78. The molecule has 2 aliphatic rings. The predicted molar refractivity (Wildman–Crippen MR) is 83.2 cm³/mol. The number of aromatic nitrogens is 1. The van der Waals surface area contributed by atoms with Gasteiger partial charge in [0.15, 0.2) is 0 Å². The van der Waals surface area contributed by atoms with Gasteiger partial charge in [0.05, 0.1) is 17.2 Å². The third-order valence-electron chi connectivity index (χ3n) is 4.37. The molecule has 5 heteroatoms. The van der Waals surface area contributed by atoms with Gasteiger partial charge in [-0.1, -0.05) is 12.1 Å². The smallest absolute Gasteiger partial charge is 0.224 e. The molecule has 2 atom stereocenters. The molecule has 0 saturated heterocycles. The number of rotatable bonds is 5. The summed E-state index contributed by atoms with van der Waals surface area (Å²) in [5.74, 6) is 0.765. The van der Waals surface area contributed by atoms with Crippen molar-refractivity contribution in [3.05, 3.63) is 51.7 Å². The van der Waals surface area contributed by atoms with Gasteiger partial charge in [0.2, 0.25) is 5.91 Å². The van der Waals surface area contributed by atoms with Crippen molar-refractivity contribution >= 4 is 17.2 Å². The third kappa shape index (κ3) is 2.90. The van der Waals surface area contributed by atoms with E-state index in [2.05, 4.69) is 10.3 Å². The average molecular weight is 316 g/mol. The second-order valence-corrected chi connectivity index (χ2v) is 7.06. The lowest BCUT2D eigenvalue weighted by Crippen LogP contribution is -2.25. The van der Waals surface area contributed by atoms with E-state index in [4.69, 9.17) is 0 Å². The SMILES string of the molecule is O=C(NCc1csc(C2CC2)n1)C1CC1c1ccc(F)cc1. The molecule has 3 nitrogen and oxygen atoms in total. The minimum atomic E-state index is -0.236. The highest BCUT2D eigenvalue weighted by Crippen LogP contribution is 2.47. The monoisotopic (exact) mass is 316 g/mol. The van der Waals surface area contributed by atoms with Gasteiger partial charge >= 0.3 is 0 Å². The number of amides is 1. The van der Waals surface area contributed by atoms with Crippen LogP contribution in [0.2, 0.25) is 0 Å². The summed E-state index contributed by atoms with van der Waals surface area (Å²) in [6, 6.07) is 6.46. The van der Waals surface area contributed by atoms with Gasteiger partial charge in [0, 0.05) is 17.2 Å². The van der Waals surface area contributed by atoms with Crippen LogP contribution < -0.4 is 5.32 Å². The number of nitrogens with one attached hydrogen (secondary N) is 1. The first-order valence-electron chi connectivity index (χ1n) is 7.68. The van der Waals surface area contributed by atoms with Crippen molar-refractivity contribution in [1.82, 2.24) is 10.3 Å². The minimum Gasteiger partial charge on any atom is -0.350 e. The molecule has 1 aromatic heterocycles. The molecular formula is C17H17FN2OS. The number of carbonyl (C=O) groups excluding carboxylic acids is 1. The number of nitrogens with zero attached hydrogens (tertiary/aromatic N) is 1. The minimum absolute atomic E-state index is 0.0204. The number of carbonyl (C=O) groups is 1. The quantitative estimate of drug-likeness (QED) is 0.916. The van der Waals surface area contributed by atoms with Crippen LogP contribution in [0.1, 0.15) is 47.4 Å². The van der Waals surface area contributed by atoms with E-state index in [0.717, 1.165) is 17.7 Å². The lowest BCUT2D eigenvalue weighted by Gasteiger charge is -2.03. The van der Waals surface area contributed by atoms with Gasteiger partial charge in [0.25, 0.3) is 0 Å². The maximum Gasteiger partial charge on any atom is 0.224 e. The van der Waals surface area contributed by atoms with E-state index in [1.54, 1.807) is 23.5 Å². The van der Waals surface area contributed by atoms with Gasteiger partial charge in [-0.25, -0.2) is 9.37 Å². The molecule has 1 N–H and O–H groups in total. The van der Waals surface area contributed by atoms with E-state index >= 15 is 0 Å². The van der Waals surface area contributed by atoms with Crippen LogP contribution >= 0.6 is 11.3 Å². The van der Waals surface area contributed by atoms with Gasteiger partial charge in [-0.15, -0.1) is 11.3 Å². The number of thiazole rings is 1. The Bertz CT molecular complexity index is 693. The van der Waals surface area contributed by atoms with Crippen molar-refractivity contribution < 1.29 is 9.18 Å². The molecule has 0 radical (unpaired) electrons. The van der Waals surface area contributed by atoms with Crippen LogP contribution in [-0.2, 0) is 11.3 Å². The van der Waals surface area contributed by atoms with Crippen molar-refractivity contribution in [2.45, 2.75) is 37.6 Å². The largest absolute Gasteiger partial charge is 0.350 e. The van der Waals surface area contributed by atoms with E-state index in [9.17, 15) is 9.18 Å². The number of benzene rings is 1. The van der Waals surface area contributed by atoms with Gasteiger partial charge in [-0.2, -0.15) is 0 Å². The maximum atomic E-state index is 12.9. The molecule has 0 aliphatic heterocycles. The van der Waals surface area contributed by atoms with Gasteiger partial charge in [-0.05, 0) is 42.9 Å². The zero-order chi connectivity index (χ0) is 15.1. The fourth-order valence-electron chi connectivity index (χ4n) is 2.79. The van der Waals surface area contributed by atoms with Crippen LogP contribution in [0.5, 0.6) is 0 Å². The second-order valence-electron chi connectivity index (χ2n) is 6.17. The van der Waals surface area contributed by atoms with Crippen molar-refractivity contribution in [3.63, 3.8) is 0 Å². The van der Waals surface area contributed by atoms with Crippen LogP contribution in [0.25, 0.3) is 0 Å². The highest BCUT2D eigenvalue weighted by molar-refractivity contribution is 7.09. The molecule has 2 aliphatic carbocycles. The summed E-state index contributed by atoms with van der Waals surface area (Å²) in [7, 11) is 0. The lowest BCUT2D eigenvalue weighted by atomic mass is 10.1. The number of hydrogen-bond acceptors (Lipinski definition) is 3. The van der Waals surface area contributed by atoms with E-state index in [1.807, 2.05) is 5.38 Å². The Morgan fingerprint density at radius 1 is 1.32 bits per heavy atom. The molecular weight excluding hydrogens is 299 g/mol. The van der Waals surface area contributed by atoms with Crippen LogP contribution in [0.4, 0.5) is 4.39 Å². The molecule has 2 aromatic rings. The number of hydrogen-bond donors (Lipinski definition) is 1. The lowest BCUT2D eigenvalue weighted by molar-refractivity contribution is -0.122. The van der Waals surface area contributed by atoms with Gasteiger partial charge in [0.1, 0.15) is 5.82 Å². The summed E-state index contributed by atoms with van der Waals surface area (Å²) in [4.78, 5) is 16.7. The molecule has 0 spiro atoms. The van der Waals surface area contributed by atoms with E-state index in [0.29, 0.717) is 12.5 Å². The summed E-state index contributed by atoms with van der Waals surface area (Å²) < 4.78 is 12.9. The topological polar surface area (TPSA) is 42.0 Å². The summed E-state index contributed by atoms with van der Waals surface area (Å²) in [5, 5.41) is 6.22. The average Bonchev–Trinajstić information content (AvgIpc) is 3.44. The fraction of sp³-hybridized carbons (Fsp3) is 0.412. The van der Waals surface area contributed by atoms with E-state index in [-0.39, 0.29) is 23.6 Å². The van der Waals surface area contributed by atoms with Crippen molar-refractivity contribution in [3.8, 4) is 0 Å². The Kier molecular flexibility index (Phi) is 3.45. The standard InChI is InChI=1S/C17H17FN2OS/c18-12-5-3-10(4-6-12)14-7-15(14)16(21)19-8-13-9-22-17(20-13)11-1-2-11/h3-6,9,11,14-15H,1-2,7-8H2,(H,19,21). The second kappa shape index (κ2) is 5.47. The molecule has 1 aromatic carbocycles. The molecule has 4 rings (SSSR count). The Hall–Kier alpha value is -1.75. The van der Waals surface area contributed by atoms with Crippen LogP contribution in [-0.4, -0.2) is 10.9 Å².